The Hall–Kier alpha value is -1.92. The Kier molecular flexibility index (Phi) is 5.39. The van der Waals surface area contributed by atoms with Gasteiger partial charge in [0.05, 0.1) is 11.5 Å². The maximum atomic E-state index is 4.15. The van der Waals surface area contributed by atoms with E-state index in [0.29, 0.717) is 23.2 Å². The fraction of sp³-hybridized carbons (Fsp3) is 0.125. The van der Waals surface area contributed by atoms with Gasteiger partial charge in [0.1, 0.15) is 0 Å². The van der Waals surface area contributed by atoms with Crippen LogP contribution in [0.2, 0.25) is 0 Å². The molecule has 0 saturated heterocycles. The van der Waals surface area contributed by atoms with Crippen LogP contribution in [-0.4, -0.2) is 20.4 Å². The maximum absolute atomic E-state index is 4.15. The van der Waals surface area contributed by atoms with Crippen LogP contribution in [-0.2, 0) is 11.5 Å². The van der Waals surface area contributed by atoms with E-state index in [1.165, 1.54) is 9.79 Å². The summed E-state index contributed by atoms with van der Waals surface area (Å²) in [6.07, 6.45) is 0. The van der Waals surface area contributed by atoms with Gasteiger partial charge in [0, 0.05) is 9.79 Å². The molecule has 22 heavy (non-hydrogen) atoms. The van der Waals surface area contributed by atoms with Crippen LogP contribution in [0, 0.1) is 0 Å². The van der Waals surface area contributed by atoms with Crippen LogP contribution in [0.15, 0.2) is 70.5 Å². The van der Waals surface area contributed by atoms with E-state index in [1.54, 1.807) is 23.5 Å². The molecule has 3 aromatic rings. The molecular weight excluding hydrogens is 312 g/mol. The van der Waals surface area contributed by atoms with E-state index in [9.17, 15) is 0 Å². The molecule has 0 spiro atoms. The van der Waals surface area contributed by atoms with E-state index >= 15 is 0 Å². The SMILES string of the molecule is c1ccc(SCc2nnc(CSc3ccccc3)nn2)cc1. The number of nitrogens with zero attached hydrogens (tertiary/aromatic N) is 4. The van der Waals surface area contributed by atoms with E-state index in [4.69, 9.17) is 0 Å². The van der Waals surface area contributed by atoms with Crippen molar-refractivity contribution in [2.45, 2.75) is 21.3 Å². The van der Waals surface area contributed by atoms with Gasteiger partial charge in [-0.3, -0.25) is 0 Å². The predicted octanol–water partition coefficient (Wildman–Crippen LogP) is 3.85. The molecule has 4 nitrogen and oxygen atoms in total. The van der Waals surface area contributed by atoms with Gasteiger partial charge >= 0.3 is 0 Å². The lowest BCUT2D eigenvalue weighted by atomic mass is 10.4. The first-order chi connectivity index (χ1) is 10.9. The van der Waals surface area contributed by atoms with Crippen molar-refractivity contribution in [1.82, 2.24) is 20.4 Å². The molecule has 3 rings (SSSR count). The van der Waals surface area contributed by atoms with Crippen molar-refractivity contribution in [3.63, 3.8) is 0 Å². The molecule has 0 bridgehead atoms. The lowest BCUT2D eigenvalue weighted by Crippen LogP contribution is -2.03. The second-order valence-electron chi connectivity index (χ2n) is 4.44. The third-order valence-electron chi connectivity index (χ3n) is 2.78. The first-order valence-corrected chi connectivity index (χ1v) is 8.78. The van der Waals surface area contributed by atoms with Crippen molar-refractivity contribution in [1.29, 1.82) is 0 Å². The summed E-state index contributed by atoms with van der Waals surface area (Å²) in [5, 5.41) is 16.6. The largest absolute Gasteiger partial charge is 0.183 e. The molecule has 0 amide bonds. The Balaban J connectivity index is 1.52. The highest BCUT2D eigenvalue weighted by Crippen LogP contribution is 2.21. The summed E-state index contributed by atoms with van der Waals surface area (Å²) in [6.45, 7) is 0. The van der Waals surface area contributed by atoms with Crippen molar-refractivity contribution in [3.8, 4) is 0 Å². The standard InChI is InChI=1S/C16H14N4S2/c1-3-7-13(8-4-1)21-11-15-17-19-16(20-18-15)12-22-14-9-5-2-6-10-14/h1-10H,11-12H2. The third kappa shape index (κ3) is 4.54. The molecular formula is C16H14N4S2. The summed E-state index contributed by atoms with van der Waals surface area (Å²) in [5.41, 5.74) is 0. The van der Waals surface area contributed by atoms with Crippen molar-refractivity contribution in [2.75, 3.05) is 0 Å². The minimum Gasteiger partial charge on any atom is -0.131 e. The minimum atomic E-state index is 0.655. The molecule has 0 aliphatic heterocycles. The Labute approximate surface area is 137 Å². The van der Waals surface area contributed by atoms with Gasteiger partial charge in [-0.2, -0.15) is 0 Å². The Morgan fingerprint density at radius 1 is 0.545 bits per heavy atom. The number of hydrogen-bond acceptors (Lipinski definition) is 6. The van der Waals surface area contributed by atoms with Gasteiger partial charge in [-0.15, -0.1) is 43.9 Å². The molecule has 6 heteroatoms. The first kappa shape index (κ1) is 15.0. The highest BCUT2D eigenvalue weighted by molar-refractivity contribution is 7.98. The van der Waals surface area contributed by atoms with Crippen LogP contribution in [0.1, 0.15) is 11.6 Å². The molecule has 0 N–H and O–H groups in total. The highest BCUT2D eigenvalue weighted by atomic mass is 32.2. The van der Waals surface area contributed by atoms with Gasteiger partial charge in [-0.25, -0.2) is 0 Å². The zero-order valence-electron chi connectivity index (χ0n) is 11.8. The third-order valence-corrected chi connectivity index (χ3v) is 4.80. The number of benzene rings is 2. The van der Waals surface area contributed by atoms with Crippen molar-refractivity contribution >= 4 is 23.5 Å². The molecule has 1 aromatic heterocycles. The van der Waals surface area contributed by atoms with Crippen LogP contribution in [0.5, 0.6) is 0 Å². The summed E-state index contributed by atoms with van der Waals surface area (Å²) in [6, 6.07) is 20.3. The Bertz CT molecular complexity index is 628. The minimum absolute atomic E-state index is 0.655. The second kappa shape index (κ2) is 7.91. The molecule has 0 atom stereocenters. The summed E-state index contributed by atoms with van der Waals surface area (Å²) in [5.74, 6) is 2.66. The molecule has 0 saturated carbocycles. The van der Waals surface area contributed by atoms with E-state index in [1.807, 2.05) is 36.4 Å². The average molecular weight is 326 g/mol. The van der Waals surface area contributed by atoms with Gasteiger partial charge in [-0.05, 0) is 24.3 Å². The molecule has 1 heterocycles. The summed E-state index contributed by atoms with van der Waals surface area (Å²) < 4.78 is 0. The summed E-state index contributed by atoms with van der Waals surface area (Å²) in [7, 11) is 0. The normalized spacial score (nSPS) is 10.5. The second-order valence-corrected chi connectivity index (χ2v) is 6.53. The fourth-order valence-corrected chi connectivity index (χ4v) is 3.24. The van der Waals surface area contributed by atoms with Gasteiger partial charge in [-0.1, -0.05) is 36.4 Å². The van der Waals surface area contributed by atoms with Gasteiger partial charge in [0.15, 0.2) is 11.6 Å². The lowest BCUT2D eigenvalue weighted by Gasteiger charge is -2.01. The monoisotopic (exact) mass is 326 g/mol. The summed E-state index contributed by atoms with van der Waals surface area (Å²) >= 11 is 3.36. The first-order valence-electron chi connectivity index (χ1n) is 6.81. The maximum Gasteiger partial charge on any atom is 0.183 e. The Morgan fingerprint density at radius 2 is 0.909 bits per heavy atom. The van der Waals surface area contributed by atoms with Crippen molar-refractivity contribution < 1.29 is 0 Å². The molecule has 0 aliphatic rings. The number of hydrogen-bond donors (Lipinski definition) is 0. The predicted molar refractivity (Wildman–Crippen MR) is 89.6 cm³/mol. The molecule has 110 valence electrons. The molecule has 2 aromatic carbocycles. The van der Waals surface area contributed by atoms with Crippen LogP contribution in [0.4, 0.5) is 0 Å². The number of thioether (sulfide) groups is 2. The molecule has 0 fully saturated rings. The smallest absolute Gasteiger partial charge is 0.131 e. The zero-order chi connectivity index (χ0) is 15.0. The van der Waals surface area contributed by atoms with Crippen molar-refractivity contribution in [2.24, 2.45) is 0 Å². The average Bonchev–Trinajstić information content (AvgIpc) is 2.61. The summed E-state index contributed by atoms with van der Waals surface area (Å²) in [4.78, 5) is 2.38. The van der Waals surface area contributed by atoms with E-state index in [0.717, 1.165) is 0 Å². The van der Waals surface area contributed by atoms with Gasteiger partial charge in [0.25, 0.3) is 0 Å². The number of rotatable bonds is 6. The van der Waals surface area contributed by atoms with E-state index in [2.05, 4.69) is 44.7 Å². The van der Waals surface area contributed by atoms with Crippen LogP contribution < -0.4 is 0 Å². The van der Waals surface area contributed by atoms with Crippen molar-refractivity contribution in [3.05, 3.63) is 72.3 Å². The molecule has 0 unspecified atom stereocenters. The van der Waals surface area contributed by atoms with E-state index < -0.39 is 0 Å². The number of aromatic nitrogens is 4. The fourth-order valence-electron chi connectivity index (χ4n) is 1.72. The zero-order valence-corrected chi connectivity index (χ0v) is 13.4. The quantitative estimate of drug-likeness (QED) is 0.641. The van der Waals surface area contributed by atoms with Crippen LogP contribution >= 0.6 is 23.5 Å². The molecule has 0 aliphatic carbocycles. The van der Waals surface area contributed by atoms with E-state index in [-0.39, 0.29) is 0 Å². The topological polar surface area (TPSA) is 51.6 Å². The van der Waals surface area contributed by atoms with Crippen LogP contribution in [0.25, 0.3) is 0 Å². The van der Waals surface area contributed by atoms with Crippen LogP contribution in [0.3, 0.4) is 0 Å². The van der Waals surface area contributed by atoms with Gasteiger partial charge < -0.3 is 0 Å². The molecule has 0 radical (unpaired) electrons. The lowest BCUT2D eigenvalue weighted by molar-refractivity contribution is 0.756. The Morgan fingerprint density at radius 3 is 1.27 bits per heavy atom. The highest BCUT2D eigenvalue weighted by Gasteiger charge is 2.04. The van der Waals surface area contributed by atoms with Gasteiger partial charge in [0.2, 0.25) is 0 Å².